The predicted octanol–water partition coefficient (Wildman–Crippen LogP) is 3.35. The highest BCUT2D eigenvalue weighted by atomic mass is 14.8. The summed E-state index contributed by atoms with van der Waals surface area (Å²) in [6, 6.07) is 9.13. The maximum atomic E-state index is 4.35. The second-order valence-electron chi connectivity index (χ2n) is 5.30. The lowest BCUT2D eigenvalue weighted by molar-refractivity contribution is 0.686. The maximum absolute atomic E-state index is 4.35. The smallest absolute Gasteiger partial charge is 0.0346 e. The Morgan fingerprint density at radius 2 is 1.84 bits per heavy atom. The summed E-state index contributed by atoms with van der Waals surface area (Å²) >= 11 is 0. The molecule has 2 nitrogen and oxygen atoms in total. The molecule has 98 valence electrons. The molecular formula is C17H20N2. The lowest BCUT2D eigenvalue weighted by Gasteiger charge is -2.16. The number of benzene rings is 1. The molecule has 3 rings (SSSR count). The summed E-state index contributed by atoms with van der Waals surface area (Å²) in [5.74, 6) is 0. The van der Waals surface area contributed by atoms with Crippen LogP contribution in [0.2, 0.25) is 0 Å². The van der Waals surface area contributed by atoms with Gasteiger partial charge in [0.1, 0.15) is 0 Å². The number of nitrogens with one attached hydrogen (secondary N) is 1. The molecule has 1 N–H and O–H groups in total. The lowest BCUT2D eigenvalue weighted by Crippen LogP contribution is -2.05. The van der Waals surface area contributed by atoms with Gasteiger partial charge in [-0.15, -0.1) is 0 Å². The summed E-state index contributed by atoms with van der Waals surface area (Å²) in [7, 11) is 1.96. The van der Waals surface area contributed by atoms with Crippen LogP contribution < -0.4 is 5.32 Å². The van der Waals surface area contributed by atoms with Gasteiger partial charge in [-0.05, 0) is 61.1 Å². The fourth-order valence-corrected chi connectivity index (χ4v) is 2.86. The largest absolute Gasteiger partial charge is 0.316 e. The summed E-state index contributed by atoms with van der Waals surface area (Å²) in [6.07, 6.45) is 9.03. The maximum Gasteiger partial charge on any atom is 0.0346 e. The van der Waals surface area contributed by atoms with Crippen LogP contribution in [0.1, 0.15) is 29.5 Å². The first-order chi connectivity index (χ1) is 9.36. The fourth-order valence-electron chi connectivity index (χ4n) is 2.86. The SMILES string of the molecule is CNCc1cncc(-c2ccc3c(c2)CCCC3)c1. The highest BCUT2D eigenvalue weighted by Gasteiger charge is 2.10. The summed E-state index contributed by atoms with van der Waals surface area (Å²) in [5.41, 5.74) is 6.82. The van der Waals surface area contributed by atoms with E-state index in [0.717, 1.165) is 6.54 Å². The molecule has 0 atom stereocenters. The molecule has 1 aliphatic carbocycles. The third-order valence-electron chi connectivity index (χ3n) is 3.86. The van der Waals surface area contributed by atoms with Gasteiger partial charge in [0, 0.05) is 24.5 Å². The standard InChI is InChI=1S/C17H20N2/c1-18-10-13-8-17(12-19-11-13)16-7-6-14-4-2-3-5-15(14)9-16/h6-9,11-12,18H,2-5,10H2,1H3. The van der Waals surface area contributed by atoms with Gasteiger partial charge in [0.2, 0.25) is 0 Å². The molecule has 1 aromatic heterocycles. The third-order valence-corrected chi connectivity index (χ3v) is 3.86. The van der Waals surface area contributed by atoms with Gasteiger partial charge in [0.15, 0.2) is 0 Å². The fraction of sp³-hybridized carbons (Fsp3) is 0.353. The van der Waals surface area contributed by atoms with Crippen LogP contribution in [0.5, 0.6) is 0 Å². The number of hydrogen-bond donors (Lipinski definition) is 1. The zero-order valence-corrected chi connectivity index (χ0v) is 11.4. The number of nitrogens with zero attached hydrogens (tertiary/aromatic N) is 1. The number of fused-ring (bicyclic) bond motifs is 1. The number of aryl methyl sites for hydroxylation is 2. The molecule has 0 aliphatic heterocycles. The van der Waals surface area contributed by atoms with Crippen molar-refractivity contribution < 1.29 is 0 Å². The van der Waals surface area contributed by atoms with Gasteiger partial charge in [0.25, 0.3) is 0 Å². The molecule has 1 aromatic carbocycles. The van der Waals surface area contributed by atoms with Gasteiger partial charge in [0.05, 0.1) is 0 Å². The summed E-state index contributed by atoms with van der Waals surface area (Å²) in [5, 5.41) is 3.17. The molecule has 0 saturated heterocycles. The van der Waals surface area contributed by atoms with E-state index in [1.807, 2.05) is 19.4 Å². The molecule has 1 heterocycles. The van der Waals surface area contributed by atoms with E-state index in [1.165, 1.54) is 53.5 Å². The van der Waals surface area contributed by atoms with Crippen molar-refractivity contribution in [2.24, 2.45) is 0 Å². The molecule has 0 spiro atoms. The van der Waals surface area contributed by atoms with Crippen LogP contribution in [-0.4, -0.2) is 12.0 Å². The first-order valence-corrected chi connectivity index (χ1v) is 7.07. The van der Waals surface area contributed by atoms with Crippen molar-refractivity contribution in [2.75, 3.05) is 7.05 Å². The van der Waals surface area contributed by atoms with Crippen molar-refractivity contribution in [3.63, 3.8) is 0 Å². The van der Waals surface area contributed by atoms with Crippen molar-refractivity contribution in [3.8, 4) is 11.1 Å². The minimum atomic E-state index is 0.867. The highest BCUT2D eigenvalue weighted by Crippen LogP contribution is 2.27. The quantitative estimate of drug-likeness (QED) is 0.906. The van der Waals surface area contributed by atoms with E-state index in [9.17, 15) is 0 Å². The number of aromatic nitrogens is 1. The monoisotopic (exact) mass is 252 g/mol. The highest BCUT2D eigenvalue weighted by molar-refractivity contribution is 5.64. The normalized spacial score (nSPS) is 14.2. The molecule has 0 fully saturated rings. The van der Waals surface area contributed by atoms with Gasteiger partial charge in [-0.25, -0.2) is 0 Å². The Labute approximate surface area is 114 Å². The van der Waals surface area contributed by atoms with Crippen LogP contribution >= 0.6 is 0 Å². The Balaban J connectivity index is 1.95. The number of hydrogen-bond acceptors (Lipinski definition) is 2. The molecule has 1 aliphatic rings. The summed E-state index contributed by atoms with van der Waals surface area (Å²) in [4.78, 5) is 4.35. The molecule has 0 saturated carbocycles. The minimum absolute atomic E-state index is 0.867. The number of pyridine rings is 1. The topological polar surface area (TPSA) is 24.9 Å². The first kappa shape index (κ1) is 12.4. The number of rotatable bonds is 3. The molecule has 2 heteroatoms. The van der Waals surface area contributed by atoms with Crippen LogP contribution in [0.4, 0.5) is 0 Å². The van der Waals surface area contributed by atoms with Crippen LogP contribution in [0.15, 0.2) is 36.7 Å². The van der Waals surface area contributed by atoms with E-state index < -0.39 is 0 Å². The molecule has 19 heavy (non-hydrogen) atoms. The van der Waals surface area contributed by atoms with E-state index in [1.54, 1.807) is 0 Å². The zero-order valence-electron chi connectivity index (χ0n) is 11.4. The van der Waals surface area contributed by atoms with Gasteiger partial charge in [-0.3, -0.25) is 4.98 Å². The van der Waals surface area contributed by atoms with Gasteiger partial charge in [-0.1, -0.05) is 18.2 Å². The van der Waals surface area contributed by atoms with Gasteiger partial charge < -0.3 is 5.32 Å². The molecule has 0 radical (unpaired) electrons. The molecular weight excluding hydrogens is 232 g/mol. The first-order valence-electron chi connectivity index (χ1n) is 7.07. The Kier molecular flexibility index (Phi) is 3.60. The van der Waals surface area contributed by atoms with E-state index in [0.29, 0.717) is 0 Å². The lowest BCUT2D eigenvalue weighted by atomic mass is 9.89. The second-order valence-corrected chi connectivity index (χ2v) is 5.30. The Morgan fingerprint density at radius 1 is 1.00 bits per heavy atom. The molecule has 0 amide bonds. The van der Waals surface area contributed by atoms with Crippen molar-refractivity contribution in [1.29, 1.82) is 0 Å². The van der Waals surface area contributed by atoms with E-state index in [4.69, 9.17) is 0 Å². The molecule has 2 aromatic rings. The van der Waals surface area contributed by atoms with Crippen LogP contribution in [-0.2, 0) is 19.4 Å². The van der Waals surface area contributed by atoms with E-state index >= 15 is 0 Å². The van der Waals surface area contributed by atoms with Crippen molar-refractivity contribution in [1.82, 2.24) is 10.3 Å². The molecule has 0 unspecified atom stereocenters. The average molecular weight is 252 g/mol. The van der Waals surface area contributed by atoms with Crippen LogP contribution in [0.25, 0.3) is 11.1 Å². The molecule has 0 bridgehead atoms. The third kappa shape index (κ3) is 2.69. The minimum Gasteiger partial charge on any atom is -0.316 e. The van der Waals surface area contributed by atoms with E-state index in [2.05, 4.69) is 34.6 Å². The Morgan fingerprint density at radius 3 is 2.68 bits per heavy atom. The van der Waals surface area contributed by atoms with Crippen molar-refractivity contribution >= 4 is 0 Å². The summed E-state index contributed by atoms with van der Waals surface area (Å²) in [6.45, 7) is 0.867. The van der Waals surface area contributed by atoms with Gasteiger partial charge in [-0.2, -0.15) is 0 Å². The van der Waals surface area contributed by atoms with Crippen molar-refractivity contribution in [3.05, 3.63) is 53.3 Å². The van der Waals surface area contributed by atoms with E-state index in [-0.39, 0.29) is 0 Å². The Bertz CT molecular complexity index is 575. The van der Waals surface area contributed by atoms with Crippen LogP contribution in [0, 0.1) is 0 Å². The predicted molar refractivity (Wildman–Crippen MR) is 79.1 cm³/mol. The average Bonchev–Trinajstić information content (AvgIpc) is 2.47. The zero-order chi connectivity index (χ0) is 13.1. The van der Waals surface area contributed by atoms with Gasteiger partial charge >= 0.3 is 0 Å². The second kappa shape index (κ2) is 5.54. The summed E-state index contributed by atoms with van der Waals surface area (Å²) < 4.78 is 0. The Hall–Kier alpha value is -1.67. The van der Waals surface area contributed by atoms with Crippen LogP contribution in [0.3, 0.4) is 0 Å². The van der Waals surface area contributed by atoms with Crippen molar-refractivity contribution in [2.45, 2.75) is 32.2 Å².